The number of carbonyl (C=O) groups is 2. The van der Waals surface area contributed by atoms with Crippen molar-refractivity contribution in [2.24, 2.45) is 0 Å². The molecular formula is C30H32FN3O4. The molecule has 0 radical (unpaired) electrons. The minimum Gasteiger partial charge on any atom is -0.496 e. The second kappa shape index (κ2) is 12.9. The van der Waals surface area contributed by atoms with Crippen LogP contribution in [0.3, 0.4) is 0 Å². The summed E-state index contributed by atoms with van der Waals surface area (Å²) in [6.45, 7) is 0.647. The molecule has 0 unspecified atom stereocenters. The number of nitrogens with one attached hydrogen (secondary N) is 1. The van der Waals surface area contributed by atoms with E-state index in [0.717, 1.165) is 27.6 Å². The van der Waals surface area contributed by atoms with Crippen LogP contribution in [0.1, 0.15) is 16.7 Å². The number of aromatic nitrogens is 1. The third-order valence-corrected chi connectivity index (χ3v) is 6.47. The molecule has 1 heterocycles. The number of amides is 2. The Bertz CT molecular complexity index is 1370. The molecule has 38 heavy (non-hydrogen) atoms. The summed E-state index contributed by atoms with van der Waals surface area (Å²) in [6.07, 6.45) is 2.61. The van der Waals surface area contributed by atoms with Gasteiger partial charge in [-0.05, 0) is 41.8 Å². The Morgan fingerprint density at radius 2 is 1.58 bits per heavy atom. The van der Waals surface area contributed by atoms with Crippen LogP contribution < -0.4 is 4.74 Å². The van der Waals surface area contributed by atoms with Gasteiger partial charge in [-0.15, -0.1) is 0 Å². The predicted molar refractivity (Wildman–Crippen MR) is 144 cm³/mol. The maximum absolute atomic E-state index is 13.7. The van der Waals surface area contributed by atoms with Crippen LogP contribution in [0, 0.1) is 5.82 Å². The molecule has 2 amide bonds. The summed E-state index contributed by atoms with van der Waals surface area (Å²) in [4.78, 5) is 33.0. The third-order valence-electron chi connectivity index (χ3n) is 6.47. The first-order valence-corrected chi connectivity index (χ1v) is 12.4. The number of fused-ring (bicyclic) bond motifs is 1. The molecule has 198 valence electrons. The van der Waals surface area contributed by atoms with E-state index in [0.29, 0.717) is 25.3 Å². The highest BCUT2D eigenvalue weighted by Gasteiger charge is 2.23. The number of hydrogen-bond donors (Lipinski definition) is 1. The van der Waals surface area contributed by atoms with Crippen LogP contribution in [-0.2, 0) is 33.8 Å². The predicted octanol–water partition coefficient (Wildman–Crippen LogP) is 4.56. The number of para-hydroxylation sites is 2. The number of rotatable bonds is 12. The van der Waals surface area contributed by atoms with Gasteiger partial charge in [0.2, 0.25) is 11.8 Å². The zero-order valence-electron chi connectivity index (χ0n) is 21.7. The lowest BCUT2D eigenvalue weighted by Gasteiger charge is -2.28. The van der Waals surface area contributed by atoms with Crippen molar-refractivity contribution in [1.29, 1.82) is 0 Å². The Kier molecular flexibility index (Phi) is 9.11. The summed E-state index contributed by atoms with van der Waals surface area (Å²) in [6, 6.07) is 21.5. The summed E-state index contributed by atoms with van der Waals surface area (Å²) < 4.78 is 24.0. The van der Waals surface area contributed by atoms with Crippen LogP contribution in [0.15, 0.2) is 79.0 Å². The molecule has 4 aromatic rings. The number of hydrogen-bond acceptors (Lipinski definition) is 4. The number of H-pyrrole nitrogens is 1. The first-order valence-electron chi connectivity index (χ1n) is 12.4. The van der Waals surface area contributed by atoms with Crippen LogP contribution in [0.5, 0.6) is 5.75 Å². The van der Waals surface area contributed by atoms with Crippen molar-refractivity contribution >= 4 is 22.7 Å². The molecule has 0 saturated heterocycles. The maximum atomic E-state index is 13.7. The van der Waals surface area contributed by atoms with Gasteiger partial charge in [-0.25, -0.2) is 4.39 Å². The molecule has 0 spiro atoms. The van der Waals surface area contributed by atoms with E-state index in [2.05, 4.69) is 11.1 Å². The molecule has 1 aromatic heterocycles. The van der Waals surface area contributed by atoms with E-state index in [9.17, 15) is 14.0 Å². The second-order valence-electron chi connectivity index (χ2n) is 9.05. The fourth-order valence-electron chi connectivity index (χ4n) is 4.45. The van der Waals surface area contributed by atoms with E-state index >= 15 is 0 Å². The molecule has 0 bridgehead atoms. The van der Waals surface area contributed by atoms with Gasteiger partial charge in [-0.2, -0.15) is 0 Å². The Balaban J connectivity index is 1.56. The normalized spacial score (nSPS) is 10.9. The van der Waals surface area contributed by atoms with Gasteiger partial charge in [0.15, 0.2) is 0 Å². The Morgan fingerprint density at radius 3 is 2.34 bits per heavy atom. The van der Waals surface area contributed by atoms with Gasteiger partial charge in [0, 0.05) is 49.4 Å². The summed E-state index contributed by atoms with van der Waals surface area (Å²) in [7, 11) is 3.04. The maximum Gasteiger partial charge on any atom is 0.249 e. The molecule has 3 aromatic carbocycles. The lowest BCUT2D eigenvalue weighted by molar-refractivity contribution is -0.143. The van der Waals surface area contributed by atoms with Crippen molar-refractivity contribution < 1.29 is 23.5 Å². The summed E-state index contributed by atoms with van der Waals surface area (Å²) >= 11 is 0. The highest BCUT2D eigenvalue weighted by molar-refractivity contribution is 5.86. The number of halogens is 1. The Morgan fingerprint density at radius 1 is 0.842 bits per heavy atom. The van der Waals surface area contributed by atoms with Crippen molar-refractivity contribution in [3.05, 3.63) is 102 Å². The average molecular weight is 518 g/mol. The smallest absolute Gasteiger partial charge is 0.249 e. The van der Waals surface area contributed by atoms with Gasteiger partial charge in [0.25, 0.3) is 0 Å². The molecule has 0 aliphatic carbocycles. The molecule has 7 nitrogen and oxygen atoms in total. The fraction of sp³-hybridized carbons (Fsp3) is 0.267. The minimum absolute atomic E-state index is 0.136. The topological polar surface area (TPSA) is 74.9 Å². The third kappa shape index (κ3) is 6.77. The van der Waals surface area contributed by atoms with E-state index in [4.69, 9.17) is 9.47 Å². The standard InChI is InChI=1S/C30H32FN3O4/c1-37-21-30(36)34(18-22-11-13-25(31)14-12-22)20-29(35)33(19-24-7-3-6-10-28(24)38-2)16-15-23-17-32-27-9-5-4-8-26(23)27/h3-14,17,32H,15-16,18-21H2,1-2H3. The van der Waals surface area contributed by atoms with Gasteiger partial charge in [-0.3, -0.25) is 9.59 Å². The van der Waals surface area contributed by atoms with Crippen LogP contribution >= 0.6 is 0 Å². The Hall–Kier alpha value is -4.17. The van der Waals surface area contributed by atoms with Crippen molar-refractivity contribution in [3.63, 3.8) is 0 Å². The van der Waals surface area contributed by atoms with E-state index < -0.39 is 0 Å². The quantitative estimate of drug-likeness (QED) is 0.299. The molecule has 0 atom stereocenters. The van der Waals surface area contributed by atoms with Gasteiger partial charge in [0.05, 0.1) is 7.11 Å². The number of aromatic amines is 1. The van der Waals surface area contributed by atoms with Crippen LogP contribution in [-0.4, -0.2) is 60.5 Å². The van der Waals surface area contributed by atoms with Crippen molar-refractivity contribution in [2.45, 2.75) is 19.5 Å². The van der Waals surface area contributed by atoms with E-state index in [1.807, 2.05) is 48.7 Å². The summed E-state index contributed by atoms with van der Waals surface area (Å²) in [5.74, 6) is -0.197. The number of benzene rings is 3. The monoisotopic (exact) mass is 517 g/mol. The molecule has 0 aliphatic rings. The largest absolute Gasteiger partial charge is 0.496 e. The van der Waals surface area contributed by atoms with Crippen LogP contribution in [0.2, 0.25) is 0 Å². The van der Waals surface area contributed by atoms with Gasteiger partial charge < -0.3 is 24.3 Å². The summed E-state index contributed by atoms with van der Waals surface area (Å²) in [5, 5.41) is 1.12. The lowest BCUT2D eigenvalue weighted by atomic mass is 10.1. The second-order valence-corrected chi connectivity index (χ2v) is 9.05. The van der Waals surface area contributed by atoms with Crippen LogP contribution in [0.25, 0.3) is 10.9 Å². The van der Waals surface area contributed by atoms with E-state index in [1.165, 1.54) is 24.1 Å². The molecule has 4 rings (SSSR count). The van der Waals surface area contributed by atoms with Crippen molar-refractivity contribution in [3.8, 4) is 5.75 Å². The fourth-order valence-corrected chi connectivity index (χ4v) is 4.45. The molecule has 0 saturated carbocycles. The molecule has 1 N–H and O–H groups in total. The number of carbonyl (C=O) groups excluding carboxylic acids is 2. The summed E-state index contributed by atoms with van der Waals surface area (Å²) in [5.41, 5.74) is 3.74. The Labute approximate surface area is 221 Å². The number of ether oxygens (including phenoxy) is 2. The average Bonchev–Trinajstić information content (AvgIpc) is 3.35. The van der Waals surface area contributed by atoms with E-state index in [1.54, 1.807) is 24.1 Å². The highest BCUT2D eigenvalue weighted by atomic mass is 19.1. The highest BCUT2D eigenvalue weighted by Crippen LogP contribution is 2.22. The molecule has 0 fully saturated rings. The zero-order valence-corrected chi connectivity index (χ0v) is 21.7. The first kappa shape index (κ1) is 26.9. The molecule has 0 aliphatic heterocycles. The zero-order chi connectivity index (χ0) is 26.9. The van der Waals surface area contributed by atoms with Crippen molar-refractivity contribution in [2.75, 3.05) is 33.9 Å². The number of methoxy groups -OCH3 is 2. The number of nitrogens with zero attached hydrogens (tertiary/aromatic N) is 2. The first-order chi connectivity index (χ1) is 18.5. The lowest BCUT2D eigenvalue weighted by Crippen LogP contribution is -2.44. The minimum atomic E-state index is -0.361. The SMILES string of the molecule is COCC(=O)N(CC(=O)N(CCc1c[nH]c2ccccc12)Cc1ccccc1OC)Cc1ccc(F)cc1. The van der Waals surface area contributed by atoms with Crippen LogP contribution in [0.4, 0.5) is 4.39 Å². The molecule has 8 heteroatoms. The van der Waals surface area contributed by atoms with E-state index in [-0.39, 0.29) is 37.3 Å². The molecular weight excluding hydrogens is 485 g/mol. The van der Waals surface area contributed by atoms with Gasteiger partial charge >= 0.3 is 0 Å². The van der Waals surface area contributed by atoms with Crippen molar-refractivity contribution in [1.82, 2.24) is 14.8 Å². The van der Waals surface area contributed by atoms with Gasteiger partial charge in [0.1, 0.15) is 24.7 Å². The van der Waals surface area contributed by atoms with Gasteiger partial charge in [-0.1, -0.05) is 48.5 Å².